The number of pyridine rings is 1. The summed E-state index contributed by atoms with van der Waals surface area (Å²) >= 11 is 0. The number of fused-ring (bicyclic) bond motifs is 1. The number of alkyl halides is 6. The topological polar surface area (TPSA) is 64.6 Å². The molecule has 3 aliphatic rings. The zero-order chi connectivity index (χ0) is 28.1. The summed E-state index contributed by atoms with van der Waals surface area (Å²) in [6, 6.07) is 4.51. The summed E-state index contributed by atoms with van der Waals surface area (Å²) in [7, 11) is 0. The van der Waals surface area contributed by atoms with Crippen LogP contribution < -0.4 is 10.6 Å². The Morgan fingerprint density at radius 3 is 2.08 bits per heavy atom. The number of anilines is 1. The van der Waals surface area contributed by atoms with Gasteiger partial charge in [-0.25, -0.2) is 14.8 Å². The minimum Gasteiger partial charge on any atom is -0.382 e. The molecule has 12 heteroatoms. The lowest BCUT2D eigenvalue weighted by Gasteiger charge is -2.45. The first-order chi connectivity index (χ1) is 18.2. The van der Waals surface area contributed by atoms with Crippen LogP contribution in [0.4, 0.5) is 32.0 Å². The maximum atomic E-state index is 13.5. The van der Waals surface area contributed by atoms with Crippen molar-refractivity contribution >= 4 is 16.6 Å². The summed E-state index contributed by atoms with van der Waals surface area (Å²) in [6.45, 7) is 4.28. The monoisotopic (exact) mass is 561 g/mol. The van der Waals surface area contributed by atoms with Crippen LogP contribution in [-0.2, 0) is 26.9 Å². The van der Waals surface area contributed by atoms with E-state index in [9.17, 15) is 26.3 Å². The van der Waals surface area contributed by atoms with Crippen LogP contribution in [0.1, 0.15) is 76.5 Å². The van der Waals surface area contributed by atoms with Crippen molar-refractivity contribution in [3.05, 3.63) is 35.5 Å². The number of nitrogens with zero attached hydrogens (tertiary/aromatic N) is 1. The van der Waals surface area contributed by atoms with E-state index in [1.54, 1.807) is 0 Å². The Hall–Kier alpha value is -2.15. The highest BCUT2D eigenvalue weighted by atomic mass is 19.4. The van der Waals surface area contributed by atoms with Gasteiger partial charge >= 0.3 is 12.4 Å². The standard InChI is InChI=1S/C27H33F6N3O3/c1-24(2)15-37-25(39-38-24)12-10-18(11-13-25)34-16-6-8-17(9-7-16)35-21-14-22(27(31,32)33)36-23-19(21)4-3-5-20(23)26(28,29)30/h3-5,14,16-18,34H,6-13,15H2,1-2H3,(H,35,36)/t16-,17-,18?,25?. The van der Waals surface area contributed by atoms with E-state index in [4.69, 9.17) is 14.5 Å². The zero-order valence-electron chi connectivity index (χ0n) is 21.8. The Labute approximate surface area is 222 Å². The Morgan fingerprint density at radius 1 is 0.846 bits per heavy atom. The van der Waals surface area contributed by atoms with Crippen molar-refractivity contribution in [2.75, 3.05) is 11.9 Å². The molecule has 0 atom stereocenters. The quantitative estimate of drug-likeness (QED) is 0.310. The molecule has 0 bridgehead atoms. The van der Waals surface area contributed by atoms with Crippen LogP contribution in [0, 0.1) is 0 Å². The third-order valence-corrected chi connectivity index (χ3v) is 7.84. The maximum Gasteiger partial charge on any atom is 0.433 e. The normalized spacial score (nSPS) is 30.0. The van der Waals surface area contributed by atoms with E-state index in [2.05, 4.69) is 15.6 Å². The lowest BCUT2D eigenvalue weighted by Crippen LogP contribution is -2.53. The van der Waals surface area contributed by atoms with Gasteiger partial charge in [0.25, 0.3) is 0 Å². The highest BCUT2D eigenvalue weighted by Gasteiger charge is 2.45. The van der Waals surface area contributed by atoms with Crippen LogP contribution in [0.25, 0.3) is 10.9 Å². The molecular formula is C27H33F6N3O3. The van der Waals surface area contributed by atoms with Crippen LogP contribution in [0.5, 0.6) is 0 Å². The number of para-hydroxylation sites is 1. The van der Waals surface area contributed by atoms with Crippen molar-refractivity contribution in [2.24, 2.45) is 0 Å². The first-order valence-corrected chi connectivity index (χ1v) is 13.3. The lowest BCUT2D eigenvalue weighted by atomic mass is 9.86. The number of benzene rings is 1. The molecule has 0 unspecified atom stereocenters. The average Bonchev–Trinajstić information content (AvgIpc) is 2.87. The van der Waals surface area contributed by atoms with Gasteiger partial charge in [-0.3, -0.25) is 0 Å². The molecule has 2 N–H and O–H groups in total. The highest BCUT2D eigenvalue weighted by Crippen LogP contribution is 2.41. The number of hydrogen-bond donors (Lipinski definition) is 2. The molecule has 0 amide bonds. The molecule has 3 fully saturated rings. The fraction of sp³-hybridized carbons (Fsp3) is 0.667. The third kappa shape index (κ3) is 6.44. The second-order valence-electron chi connectivity index (χ2n) is 11.5. The zero-order valence-corrected chi connectivity index (χ0v) is 21.8. The first-order valence-electron chi connectivity index (χ1n) is 13.3. The minimum atomic E-state index is -4.88. The van der Waals surface area contributed by atoms with E-state index >= 15 is 0 Å². The van der Waals surface area contributed by atoms with E-state index in [1.165, 1.54) is 12.1 Å². The van der Waals surface area contributed by atoms with E-state index in [-0.39, 0.29) is 23.2 Å². The van der Waals surface area contributed by atoms with Crippen molar-refractivity contribution in [1.82, 2.24) is 10.3 Å². The summed E-state index contributed by atoms with van der Waals surface area (Å²) < 4.78 is 87.2. The molecule has 2 heterocycles. The van der Waals surface area contributed by atoms with Crippen LogP contribution in [0.2, 0.25) is 0 Å². The Morgan fingerprint density at radius 2 is 1.49 bits per heavy atom. The molecule has 5 rings (SSSR count). The fourth-order valence-corrected chi connectivity index (χ4v) is 5.69. The van der Waals surface area contributed by atoms with Crippen molar-refractivity contribution in [3.8, 4) is 0 Å². The number of ether oxygens (including phenoxy) is 1. The number of halogens is 6. The summed E-state index contributed by atoms with van der Waals surface area (Å²) in [5.74, 6) is -0.691. The van der Waals surface area contributed by atoms with Gasteiger partial charge in [0.2, 0.25) is 5.79 Å². The molecular weight excluding hydrogens is 528 g/mol. The van der Waals surface area contributed by atoms with Crippen molar-refractivity contribution in [1.29, 1.82) is 0 Å². The Kier molecular flexibility index (Phi) is 7.53. The summed E-state index contributed by atoms with van der Waals surface area (Å²) in [5, 5.41) is 6.82. The first kappa shape index (κ1) is 28.4. The molecule has 1 aromatic carbocycles. The van der Waals surface area contributed by atoms with Gasteiger partial charge in [-0.15, -0.1) is 0 Å². The second-order valence-corrected chi connectivity index (χ2v) is 11.5. The van der Waals surface area contributed by atoms with Gasteiger partial charge in [0, 0.05) is 42.0 Å². The predicted octanol–water partition coefficient (Wildman–Crippen LogP) is 6.98. The maximum absolute atomic E-state index is 13.5. The number of hydrogen-bond acceptors (Lipinski definition) is 6. The molecule has 1 aromatic heterocycles. The van der Waals surface area contributed by atoms with Gasteiger partial charge in [-0.2, -0.15) is 26.3 Å². The number of rotatable bonds is 4. The Balaban J connectivity index is 1.20. The van der Waals surface area contributed by atoms with Crippen LogP contribution >= 0.6 is 0 Å². The smallest absolute Gasteiger partial charge is 0.382 e. The van der Waals surface area contributed by atoms with Gasteiger partial charge in [-0.1, -0.05) is 12.1 Å². The third-order valence-electron chi connectivity index (χ3n) is 7.84. The number of nitrogens with one attached hydrogen (secondary N) is 2. The van der Waals surface area contributed by atoms with E-state index < -0.39 is 40.5 Å². The molecule has 39 heavy (non-hydrogen) atoms. The predicted molar refractivity (Wildman–Crippen MR) is 132 cm³/mol. The fourth-order valence-electron chi connectivity index (χ4n) is 5.69. The second kappa shape index (κ2) is 10.4. The van der Waals surface area contributed by atoms with Crippen LogP contribution in [0.3, 0.4) is 0 Å². The van der Waals surface area contributed by atoms with Gasteiger partial charge in [0.05, 0.1) is 17.7 Å². The van der Waals surface area contributed by atoms with Gasteiger partial charge in [-0.05, 0) is 64.5 Å². The lowest BCUT2D eigenvalue weighted by molar-refractivity contribution is -0.511. The number of aromatic nitrogens is 1. The van der Waals surface area contributed by atoms with Gasteiger partial charge in [0.1, 0.15) is 11.3 Å². The van der Waals surface area contributed by atoms with Gasteiger partial charge < -0.3 is 15.4 Å². The molecule has 1 saturated heterocycles. The molecule has 2 aromatic rings. The molecule has 1 aliphatic heterocycles. The minimum absolute atomic E-state index is 0.0188. The van der Waals surface area contributed by atoms with Gasteiger partial charge in [0.15, 0.2) is 0 Å². The largest absolute Gasteiger partial charge is 0.433 e. The summed E-state index contributed by atoms with van der Waals surface area (Å²) in [5.41, 5.74) is -3.68. The molecule has 2 saturated carbocycles. The summed E-state index contributed by atoms with van der Waals surface area (Å²) in [4.78, 5) is 14.5. The van der Waals surface area contributed by atoms with E-state index in [0.717, 1.165) is 37.8 Å². The van der Waals surface area contributed by atoms with Crippen molar-refractivity contribution in [2.45, 2.75) is 107 Å². The average molecular weight is 562 g/mol. The van der Waals surface area contributed by atoms with E-state index in [1.807, 2.05) is 13.8 Å². The molecule has 1 spiro atoms. The van der Waals surface area contributed by atoms with E-state index in [0.29, 0.717) is 38.3 Å². The van der Waals surface area contributed by atoms with Crippen molar-refractivity contribution in [3.63, 3.8) is 0 Å². The molecule has 2 aliphatic carbocycles. The van der Waals surface area contributed by atoms with Crippen LogP contribution in [0.15, 0.2) is 24.3 Å². The molecule has 6 nitrogen and oxygen atoms in total. The SMILES string of the molecule is CC1(C)COC2(CCC(N[C@H]3CC[C@H](Nc4cc(C(F)(F)F)nc5c(C(F)(F)F)cccc45)CC3)CC2)OO1. The highest BCUT2D eigenvalue weighted by molar-refractivity contribution is 5.94. The van der Waals surface area contributed by atoms with Crippen LogP contribution in [-0.4, -0.2) is 41.1 Å². The molecule has 216 valence electrons. The van der Waals surface area contributed by atoms with Crippen molar-refractivity contribution < 1.29 is 40.9 Å². The molecule has 0 radical (unpaired) electrons. The summed E-state index contributed by atoms with van der Waals surface area (Å²) in [6.07, 6.45) is -3.59. The Bertz CT molecular complexity index is 1160.